The third-order valence-corrected chi connectivity index (χ3v) is 4.91. The molecule has 2 fully saturated rings. The van der Waals surface area contributed by atoms with Crippen LogP contribution in [0.2, 0.25) is 0 Å². The second-order valence-corrected chi connectivity index (χ2v) is 5.82. The Kier molecular flexibility index (Phi) is 4.57. The van der Waals surface area contributed by atoms with Crippen LogP contribution in [0, 0.1) is 5.41 Å². The third kappa shape index (κ3) is 2.93. The van der Waals surface area contributed by atoms with Crippen molar-refractivity contribution in [3.8, 4) is 0 Å². The molecule has 3 heteroatoms. The fourth-order valence-electron chi connectivity index (χ4n) is 3.14. The van der Waals surface area contributed by atoms with Crippen LogP contribution >= 0.6 is 12.6 Å². The van der Waals surface area contributed by atoms with Crippen molar-refractivity contribution in [1.29, 1.82) is 0 Å². The lowest BCUT2D eigenvalue weighted by Crippen LogP contribution is -2.47. The van der Waals surface area contributed by atoms with Crippen LogP contribution in [0.25, 0.3) is 0 Å². The number of thiol groups is 1. The summed E-state index contributed by atoms with van der Waals surface area (Å²) in [5.41, 5.74) is 0.513. The van der Waals surface area contributed by atoms with Crippen molar-refractivity contribution in [2.75, 3.05) is 32.0 Å². The van der Waals surface area contributed by atoms with E-state index >= 15 is 0 Å². The number of nitrogens with zero attached hydrogens (tertiary/aromatic N) is 1. The van der Waals surface area contributed by atoms with Gasteiger partial charge in [0.15, 0.2) is 0 Å². The maximum absolute atomic E-state index is 5.73. The van der Waals surface area contributed by atoms with Gasteiger partial charge in [0.1, 0.15) is 0 Å². The molecule has 1 aliphatic heterocycles. The number of hydrogen-bond donors (Lipinski definition) is 1. The van der Waals surface area contributed by atoms with Crippen LogP contribution in [-0.2, 0) is 4.74 Å². The number of rotatable bonds is 4. The molecule has 16 heavy (non-hydrogen) atoms. The predicted molar refractivity (Wildman–Crippen MR) is 71.2 cm³/mol. The fourth-order valence-corrected chi connectivity index (χ4v) is 3.55. The zero-order valence-electron chi connectivity index (χ0n) is 10.5. The molecule has 2 rings (SSSR count). The van der Waals surface area contributed by atoms with Crippen molar-refractivity contribution >= 4 is 12.6 Å². The van der Waals surface area contributed by atoms with Gasteiger partial charge >= 0.3 is 0 Å². The summed E-state index contributed by atoms with van der Waals surface area (Å²) in [6.07, 6.45) is 7.18. The average molecular weight is 243 g/mol. The Labute approximate surface area is 105 Å². The van der Waals surface area contributed by atoms with E-state index in [1.54, 1.807) is 0 Å². The lowest BCUT2D eigenvalue weighted by Gasteiger charge is -2.38. The molecule has 0 amide bonds. The van der Waals surface area contributed by atoms with Crippen molar-refractivity contribution in [3.05, 3.63) is 0 Å². The van der Waals surface area contributed by atoms with Gasteiger partial charge in [0.25, 0.3) is 0 Å². The predicted octanol–water partition coefficient (Wildman–Crippen LogP) is 2.59. The van der Waals surface area contributed by atoms with Crippen molar-refractivity contribution < 1.29 is 4.74 Å². The number of morpholine rings is 1. The first-order chi connectivity index (χ1) is 7.78. The summed E-state index contributed by atoms with van der Waals surface area (Å²) in [6.45, 7) is 6.63. The van der Waals surface area contributed by atoms with E-state index in [9.17, 15) is 0 Å². The Morgan fingerprint density at radius 1 is 1.38 bits per heavy atom. The topological polar surface area (TPSA) is 12.5 Å². The van der Waals surface area contributed by atoms with Crippen LogP contribution in [0.4, 0.5) is 0 Å². The van der Waals surface area contributed by atoms with Crippen LogP contribution in [0.5, 0.6) is 0 Å². The minimum atomic E-state index is 0.465. The fraction of sp³-hybridized carbons (Fsp3) is 1.00. The SMILES string of the molecule is CCC1CN(CC2(CS)CCCC2)CCO1. The van der Waals surface area contributed by atoms with Gasteiger partial charge < -0.3 is 4.74 Å². The Bertz CT molecular complexity index is 216. The standard InChI is InChI=1S/C13H25NOS/c1-2-12-9-14(7-8-15-12)10-13(11-16)5-3-4-6-13/h12,16H,2-11H2,1H3. The van der Waals surface area contributed by atoms with Gasteiger partial charge in [0.05, 0.1) is 12.7 Å². The maximum atomic E-state index is 5.73. The van der Waals surface area contributed by atoms with E-state index in [2.05, 4.69) is 24.5 Å². The first-order valence-corrected chi connectivity index (χ1v) is 7.36. The summed E-state index contributed by atoms with van der Waals surface area (Å²) in [6, 6.07) is 0. The highest BCUT2D eigenvalue weighted by molar-refractivity contribution is 7.80. The molecule has 1 heterocycles. The van der Waals surface area contributed by atoms with Crippen LogP contribution in [0.1, 0.15) is 39.0 Å². The van der Waals surface area contributed by atoms with E-state index in [1.807, 2.05) is 0 Å². The molecular formula is C13H25NOS. The van der Waals surface area contributed by atoms with Crippen LogP contribution in [-0.4, -0.2) is 43.0 Å². The van der Waals surface area contributed by atoms with E-state index in [0.29, 0.717) is 11.5 Å². The first kappa shape index (κ1) is 12.7. The smallest absolute Gasteiger partial charge is 0.0700 e. The van der Waals surface area contributed by atoms with E-state index in [-0.39, 0.29) is 0 Å². The second kappa shape index (κ2) is 5.74. The number of hydrogen-bond acceptors (Lipinski definition) is 3. The highest BCUT2D eigenvalue weighted by Gasteiger charge is 2.35. The number of ether oxygens (including phenoxy) is 1. The molecule has 0 aromatic carbocycles. The molecule has 0 bridgehead atoms. The molecule has 1 aliphatic carbocycles. The molecule has 0 aromatic heterocycles. The van der Waals surface area contributed by atoms with Gasteiger partial charge in [0, 0.05) is 19.6 Å². The van der Waals surface area contributed by atoms with Gasteiger partial charge in [-0.25, -0.2) is 0 Å². The lowest BCUT2D eigenvalue weighted by atomic mass is 9.87. The van der Waals surface area contributed by atoms with Gasteiger partial charge in [-0.2, -0.15) is 12.6 Å². The van der Waals surface area contributed by atoms with Crippen molar-refractivity contribution in [2.45, 2.75) is 45.1 Å². The van der Waals surface area contributed by atoms with Gasteiger partial charge in [-0.15, -0.1) is 0 Å². The molecule has 1 saturated heterocycles. The third-order valence-electron chi connectivity index (χ3n) is 4.24. The summed E-state index contributed by atoms with van der Waals surface area (Å²) >= 11 is 4.59. The van der Waals surface area contributed by atoms with Gasteiger partial charge in [-0.1, -0.05) is 19.8 Å². The maximum Gasteiger partial charge on any atom is 0.0700 e. The van der Waals surface area contributed by atoms with Crippen LogP contribution in [0.3, 0.4) is 0 Å². The van der Waals surface area contributed by atoms with Crippen molar-refractivity contribution in [3.63, 3.8) is 0 Å². The zero-order chi connectivity index (χ0) is 11.4. The molecule has 0 spiro atoms. The molecular weight excluding hydrogens is 218 g/mol. The van der Waals surface area contributed by atoms with E-state index in [0.717, 1.165) is 31.9 Å². The Morgan fingerprint density at radius 2 is 2.12 bits per heavy atom. The molecule has 0 radical (unpaired) electrons. The quantitative estimate of drug-likeness (QED) is 0.762. The largest absolute Gasteiger partial charge is 0.376 e. The van der Waals surface area contributed by atoms with Crippen molar-refractivity contribution in [2.24, 2.45) is 5.41 Å². The lowest BCUT2D eigenvalue weighted by molar-refractivity contribution is -0.0400. The molecule has 2 nitrogen and oxygen atoms in total. The molecule has 1 saturated carbocycles. The second-order valence-electron chi connectivity index (χ2n) is 5.50. The highest BCUT2D eigenvalue weighted by atomic mass is 32.1. The monoisotopic (exact) mass is 243 g/mol. The van der Waals surface area contributed by atoms with Crippen LogP contribution in [0.15, 0.2) is 0 Å². The minimum absolute atomic E-state index is 0.465. The zero-order valence-corrected chi connectivity index (χ0v) is 11.3. The van der Waals surface area contributed by atoms with E-state index in [1.165, 1.54) is 32.2 Å². The van der Waals surface area contributed by atoms with E-state index in [4.69, 9.17) is 4.74 Å². The summed E-state index contributed by atoms with van der Waals surface area (Å²) in [5, 5.41) is 0. The molecule has 0 aromatic rings. The molecule has 1 atom stereocenters. The normalized spacial score (nSPS) is 30.8. The summed E-state index contributed by atoms with van der Waals surface area (Å²) in [7, 11) is 0. The van der Waals surface area contributed by atoms with Crippen molar-refractivity contribution in [1.82, 2.24) is 4.90 Å². The molecule has 1 unspecified atom stereocenters. The summed E-state index contributed by atoms with van der Waals surface area (Å²) in [4.78, 5) is 2.61. The first-order valence-electron chi connectivity index (χ1n) is 6.73. The summed E-state index contributed by atoms with van der Waals surface area (Å²) < 4.78 is 5.73. The van der Waals surface area contributed by atoms with Gasteiger partial charge in [-0.3, -0.25) is 4.90 Å². The Morgan fingerprint density at radius 3 is 2.75 bits per heavy atom. The van der Waals surface area contributed by atoms with E-state index < -0.39 is 0 Å². The van der Waals surface area contributed by atoms with Crippen LogP contribution < -0.4 is 0 Å². The Hall–Kier alpha value is 0.270. The molecule has 2 aliphatic rings. The molecule has 94 valence electrons. The summed E-state index contributed by atoms with van der Waals surface area (Å²) in [5.74, 6) is 1.06. The van der Waals surface area contributed by atoms with Gasteiger partial charge in [0.2, 0.25) is 0 Å². The molecule has 0 N–H and O–H groups in total. The Balaban J connectivity index is 1.87. The van der Waals surface area contributed by atoms with Gasteiger partial charge in [-0.05, 0) is 30.4 Å². The highest BCUT2D eigenvalue weighted by Crippen LogP contribution is 2.39. The average Bonchev–Trinajstić information content (AvgIpc) is 2.78. The minimum Gasteiger partial charge on any atom is -0.376 e.